The molecular weight excluding hydrogens is 363 g/mol. The van der Waals surface area contributed by atoms with Crippen LogP contribution in [0.5, 0.6) is 0 Å². The molecule has 150 valence electrons. The van der Waals surface area contributed by atoms with Crippen molar-refractivity contribution in [1.29, 1.82) is 0 Å². The van der Waals surface area contributed by atoms with Crippen LogP contribution in [0.25, 0.3) is 0 Å². The Bertz CT molecular complexity index is 639. The first kappa shape index (κ1) is 20.0. The van der Waals surface area contributed by atoms with Gasteiger partial charge in [0.1, 0.15) is 12.3 Å². The van der Waals surface area contributed by atoms with Crippen molar-refractivity contribution in [3.05, 3.63) is 29.6 Å². The maximum atomic E-state index is 12.7. The first-order valence-corrected chi connectivity index (χ1v) is 9.06. The maximum Gasteiger partial charge on any atom is 0.433 e. The molecule has 3 rings (SSSR count). The third-order valence-electron chi connectivity index (χ3n) is 4.87. The van der Waals surface area contributed by atoms with Gasteiger partial charge in [0.05, 0.1) is 19.3 Å². The molecule has 0 spiro atoms. The average Bonchev–Trinajstić information content (AvgIpc) is 2.89. The molecule has 2 bridgehead atoms. The smallest absolute Gasteiger partial charge is 0.379 e. The van der Waals surface area contributed by atoms with Gasteiger partial charge in [0.15, 0.2) is 0 Å². The molecule has 2 aliphatic heterocycles. The van der Waals surface area contributed by atoms with E-state index >= 15 is 0 Å². The van der Waals surface area contributed by atoms with E-state index in [1.165, 1.54) is 12.3 Å². The number of fused-ring (bicyclic) bond motifs is 3. The van der Waals surface area contributed by atoms with Crippen molar-refractivity contribution < 1.29 is 27.4 Å². The summed E-state index contributed by atoms with van der Waals surface area (Å²) in [5.74, 6) is 0.122. The van der Waals surface area contributed by atoms with Gasteiger partial charge in [-0.15, -0.1) is 0 Å². The number of halogens is 3. The summed E-state index contributed by atoms with van der Waals surface area (Å²) in [5.41, 5.74) is -0.181. The zero-order valence-electron chi connectivity index (χ0n) is 15.2. The van der Waals surface area contributed by atoms with Gasteiger partial charge in [-0.2, -0.15) is 13.2 Å². The van der Waals surface area contributed by atoms with Crippen LogP contribution in [0.4, 0.5) is 13.2 Å². The zero-order chi connectivity index (χ0) is 19.4. The van der Waals surface area contributed by atoms with Crippen LogP contribution in [-0.4, -0.2) is 72.8 Å². The van der Waals surface area contributed by atoms with Crippen molar-refractivity contribution in [3.63, 3.8) is 0 Å². The van der Waals surface area contributed by atoms with Crippen LogP contribution >= 0.6 is 0 Å². The Hall–Kier alpha value is -1.71. The summed E-state index contributed by atoms with van der Waals surface area (Å²) in [6, 6.07) is 2.46. The fraction of sp³-hybridized carbons (Fsp3) is 0.667. The lowest BCUT2D eigenvalue weighted by atomic mass is 10.1. The van der Waals surface area contributed by atoms with Crippen molar-refractivity contribution in [2.75, 3.05) is 46.1 Å². The summed E-state index contributed by atoms with van der Waals surface area (Å²) in [7, 11) is 0. The SMILES string of the molecule is CCOCC(=O)N1C[C@@H]2COC[C@H](C1)N(Cc1ccc(C(F)(F)F)nc1)C2. The largest absolute Gasteiger partial charge is 0.433 e. The highest BCUT2D eigenvalue weighted by molar-refractivity contribution is 5.77. The predicted octanol–water partition coefficient (Wildman–Crippen LogP) is 1.80. The average molecular weight is 387 g/mol. The molecule has 0 radical (unpaired) electrons. The fourth-order valence-electron chi connectivity index (χ4n) is 3.53. The normalized spacial score (nSPS) is 23.9. The van der Waals surface area contributed by atoms with Gasteiger partial charge in [0, 0.05) is 44.9 Å². The topological polar surface area (TPSA) is 54.9 Å². The Morgan fingerprint density at radius 3 is 2.78 bits per heavy atom. The number of pyridine rings is 1. The molecule has 9 heteroatoms. The number of rotatable bonds is 5. The van der Waals surface area contributed by atoms with Crippen LogP contribution in [0.15, 0.2) is 18.3 Å². The summed E-state index contributed by atoms with van der Waals surface area (Å²) < 4.78 is 49.0. The van der Waals surface area contributed by atoms with Crippen molar-refractivity contribution >= 4 is 5.91 Å². The second-order valence-corrected chi connectivity index (χ2v) is 6.97. The Kier molecular flexibility index (Phi) is 6.33. The second-order valence-electron chi connectivity index (χ2n) is 6.97. The minimum absolute atomic E-state index is 0.00892. The molecule has 0 saturated carbocycles. The van der Waals surface area contributed by atoms with Crippen molar-refractivity contribution in [1.82, 2.24) is 14.8 Å². The van der Waals surface area contributed by atoms with Crippen LogP contribution < -0.4 is 0 Å². The number of amides is 1. The van der Waals surface area contributed by atoms with E-state index < -0.39 is 11.9 Å². The minimum atomic E-state index is -4.44. The lowest BCUT2D eigenvalue weighted by molar-refractivity contribution is -0.141. The Morgan fingerprint density at radius 2 is 2.11 bits per heavy atom. The third kappa shape index (κ3) is 5.18. The van der Waals surface area contributed by atoms with Gasteiger partial charge in [-0.05, 0) is 18.6 Å². The van der Waals surface area contributed by atoms with Crippen molar-refractivity contribution in [2.45, 2.75) is 25.7 Å². The number of alkyl halides is 3. The lowest BCUT2D eigenvalue weighted by Gasteiger charge is -2.31. The molecule has 6 nitrogen and oxygen atoms in total. The van der Waals surface area contributed by atoms with Crippen molar-refractivity contribution in [3.8, 4) is 0 Å². The van der Waals surface area contributed by atoms with Crippen LogP contribution in [0, 0.1) is 5.92 Å². The lowest BCUT2D eigenvalue weighted by Crippen LogP contribution is -2.46. The van der Waals surface area contributed by atoms with Crippen LogP contribution in [0.1, 0.15) is 18.2 Å². The molecule has 0 unspecified atom stereocenters. The van der Waals surface area contributed by atoms with E-state index in [2.05, 4.69) is 9.88 Å². The van der Waals surface area contributed by atoms with Gasteiger partial charge in [-0.25, -0.2) is 0 Å². The molecule has 1 amide bonds. The number of hydrogen-bond acceptors (Lipinski definition) is 5. The molecule has 1 aromatic heterocycles. The Morgan fingerprint density at radius 1 is 1.30 bits per heavy atom. The first-order chi connectivity index (χ1) is 12.9. The summed E-state index contributed by atoms with van der Waals surface area (Å²) in [6.45, 7) is 5.79. The molecule has 27 heavy (non-hydrogen) atoms. The second kappa shape index (κ2) is 8.53. The number of carbonyl (C=O) groups excluding carboxylic acids is 1. The molecule has 0 N–H and O–H groups in total. The maximum absolute atomic E-state index is 12.7. The first-order valence-electron chi connectivity index (χ1n) is 9.06. The number of hydrogen-bond donors (Lipinski definition) is 0. The number of ether oxygens (including phenoxy) is 2. The van der Waals surface area contributed by atoms with Crippen LogP contribution in [0.3, 0.4) is 0 Å². The van der Waals surface area contributed by atoms with Gasteiger partial charge in [0.25, 0.3) is 0 Å². The Balaban J connectivity index is 1.68. The molecule has 2 aliphatic rings. The quantitative estimate of drug-likeness (QED) is 0.771. The molecular formula is C18H24F3N3O3. The molecule has 2 saturated heterocycles. The van der Waals surface area contributed by atoms with Crippen molar-refractivity contribution in [2.24, 2.45) is 5.92 Å². The van der Waals surface area contributed by atoms with Gasteiger partial charge < -0.3 is 14.4 Å². The molecule has 1 aromatic rings. The third-order valence-corrected chi connectivity index (χ3v) is 4.87. The fourth-order valence-corrected chi connectivity index (χ4v) is 3.53. The van der Waals surface area contributed by atoms with Crippen LogP contribution in [-0.2, 0) is 27.0 Å². The zero-order valence-corrected chi connectivity index (χ0v) is 15.2. The van der Waals surface area contributed by atoms with E-state index in [0.717, 1.165) is 12.6 Å². The molecule has 0 aliphatic carbocycles. The highest BCUT2D eigenvalue weighted by Gasteiger charge is 2.35. The van der Waals surface area contributed by atoms with E-state index in [-0.39, 0.29) is 24.5 Å². The Labute approximate surface area is 156 Å². The minimum Gasteiger partial charge on any atom is -0.379 e. The highest BCUT2D eigenvalue weighted by atomic mass is 19.4. The van der Waals surface area contributed by atoms with E-state index in [4.69, 9.17) is 9.47 Å². The summed E-state index contributed by atoms with van der Waals surface area (Å²) in [4.78, 5) is 19.9. The molecule has 2 fully saturated rings. The van der Waals surface area contributed by atoms with Gasteiger partial charge in [-0.1, -0.05) is 6.07 Å². The monoisotopic (exact) mass is 387 g/mol. The van der Waals surface area contributed by atoms with E-state index in [1.807, 2.05) is 11.8 Å². The van der Waals surface area contributed by atoms with Gasteiger partial charge >= 0.3 is 6.18 Å². The highest BCUT2D eigenvalue weighted by Crippen LogP contribution is 2.28. The molecule has 3 heterocycles. The van der Waals surface area contributed by atoms with E-state index in [0.29, 0.717) is 45.0 Å². The number of carbonyl (C=O) groups is 1. The molecule has 2 atom stereocenters. The standard InChI is InChI=1S/C18H24F3N3O3/c1-2-26-12-17(25)24-8-14-7-23(15(9-24)11-27-10-14)6-13-3-4-16(22-5-13)18(19,20)21/h3-5,14-15H,2,6-12H2,1H3/t14-,15+/m1/s1. The van der Waals surface area contributed by atoms with E-state index in [1.54, 1.807) is 0 Å². The summed E-state index contributed by atoms with van der Waals surface area (Å²) in [6.07, 6.45) is -3.16. The summed E-state index contributed by atoms with van der Waals surface area (Å²) >= 11 is 0. The van der Waals surface area contributed by atoms with Gasteiger partial charge in [0.2, 0.25) is 5.91 Å². The predicted molar refractivity (Wildman–Crippen MR) is 90.8 cm³/mol. The van der Waals surface area contributed by atoms with Gasteiger partial charge in [-0.3, -0.25) is 14.7 Å². The molecule has 0 aromatic carbocycles. The number of aromatic nitrogens is 1. The van der Waals surface area contributed by atoms with E-state index in [9.17, 15) is 18.0 Å². The summed E-state index contributed by atoms with van der Waals surface area (Å²) in [5, 5.41) is 0. The van der Waals surface area contributed by atoms with Crippen LogP contribution in [0.2, 0.25) is 0 Å². The number of nitrogens with zero attached hydrogens (tertiary/aromatic N) is 3.